The SMILES string of the molecule is COCOc1cc2[nH]cc(-c3coc4cc(OCOC)c(OCOC)c(C(=O)OCc5nccn5C)c4c3=O)c(=O)c2cc1OCOC. The fraction of sp³-hybridized carbons (Fsp3) is 0.312. The third-order valence-corrected chi connectivity index (χ3v) is 7.00. The number of ether oxygens (including phenoxy) is 9. The van der Waals surface area contributed by atoms with Crippen molar-refractivity contribution < 1.29 is 51.8 Å². The van der Waals surface area contributed by atoms with Gasteiger partial charge in [-0.05, 0) is 6.07 Å². The quantitative estimate of drug-likeness (QED) is 0.120. The largest absolute Gasteiger partial charge is 0.464 e. The Labute approximate surface area is 272 Å². The summed E-state index contributed by atoms with van der Waals surface area (Å²) in [6, 6.07) is 4.39. The number of carbonyl (C=O) groups is 1. The van der Waals surface area contributed by atoms with Crippen molar-refractivity contribution in [2.75, 3.05) is 55.6 Å². The summed E-state index contributed by atoms with van der Waals surface area (Å²) in [6.07, 6.45) is 5.72. The molecule has 0 aliphatic heterocycles. The number of aromatic nitrogens is 3. The van der Waals surface area contributed by atoms with Gasteiger partial charge in [0.1, 0.15) is 29.8 Å². The fourth-order valence-electron chi connectivity index (χ4n) is 4.75. The summed E-state index contributed by atoms with van der Waals surface area (Å²) in [5, 5.41) is -0.0508. The first-order valence-electron chi connectivity index (χ1n) is 14.2. The molecule has 16 heteroatoms. The third-order valence-electron chi connectivity index (χ3n) is 7.00. The van der Waals surface area contributed by atoms with Crippen LogP contribution in [0.25, 0.3) is 33.0 Å². The summed E-state index contributed by atoms with van der Waals surface area (Å²) < 4.78 is 55.9. The van der Waals surface area contributed by atoms with Gasteiger partial charge in [-0.1, -0.05) is 0 Å². The molecule has 3 heterocycles. The molecule has 0 saturated heterocycles. The first kappa shape index (κ1) is 33.9. The number of methoxy groups -OCH3 is 4. The highest BCUT2D eigenvalue weighted by Crippen LogP contribution is 2.39. The number of H-pyrrole nitrogens is 1. The monoisotopic (exact) mass is 667 g/mol. The first-order valence-corrected chi connectivity index (χ1v) is 14.2. The summed E-state index contributed by atoms with van der Waals surface area (Å²) in [5.41, 5.74) is -1.42. The van der Waals surface area contributed by atoms with Crippen LogP contribution in [-0.4, -0.2) is 76.1 Å². The average Bonchev–Trinajstić information content (AvgIpc) is 3.51. The molecule has 0 fully saturated rings. The number of carbonyl (C=O) groups excluding carboxylic acids is 1. The zero-order valence-corrected chi connectivity index (χ0v) is 26.8. The molecule has 254 valence electrons. The Balaban J connectivity index is 1.70. The van der Waals surface area contributed by atoms with Crippen LogP contribution < -0.4 is 29.8 Å². The molecular weight excluding hydrogens is 634 g/mol. The van der Waals surface area contributed by atoms with Gasteiger partial charge in [0, 0.05) is 66.2 Å². The summed E-state index contributed by atoms with van der Waals surface area (Å²) in [4.78, 5) is 49.2. The maximum atomic E-state index is 14.3. The van der Waals surface area contributed by atoms with Crippen LogP contribution in [0.15, 0.2) is 57.1 Å². The standard InChI is InChI=1S/C32H33N3O13/c1-35-7-6-33-26(35)13-44-32(38)28-27-24(10-25(47-16-41-4)31(28)48-17-42-5)43-12-20(30(27)37)19-11-34-21-9-23(46-15-40-3)22(45-14-39-2)8-18(21)29(19)36/h6-12H,13-17H2,1-5H3,(H,34,36). The van der Waals surface area contributed by atoms with Gasteiger partial charge in [0.15, 0.2) is 55.6 Å². The number of aromatic amines is 1. The lowest BCUT2D eigenvalue weighted by Crippen LogP contribution is -2.19. The highest BCUT2D eigenvalue weighted by atomic mass is 16.7. The van der Waals surface area contributed by atoms with Crippen LogP contribution in [0.5, 0.6) is 23.0 Å². The van der Waals surface area contributed by atoms with E-state index in [1.54, 1.807) is 30.1 Å². The number of hydrogen-bond donors (Lipinski definition) is 1. The van der Waals surface area contributed by atoms with Gasteiger partial charge >= 0.3 is 5.97 Å². The molecular formula is C32H33N3O13. The molecule has 5 rings (SSSR count). The molecule has 0 aliphatic rings. The Morgan fingerprint density at radius 1 is 0.833 bits per heavy atom. The fourth-order valence-corrected chi connectivity index (χ4v) is 4.75. The number of hydrogen-bond acceptors (Lipinski definition) is 14. The van der Waals surface area contributed by atoms with Crippen LogP contribution in [0.4, 0.5) is 0 Å². The lowest BCUT2D eigenvalue weighted by Gasteiger charge is -2.17. The van der Waals surface area contributed by atoms with Crippen molar-refractivity contribution in [3.8, 4) is 34.1 Å². The molecule has 2 aromatic carbocycles. The maximum Gasteiger partial charge on any atom is 0.343 e. The van der Waals surface area contributed by atoms with Crippen molar-refractivity contribution >= 4 is 27.8 Å². The minimum atomic E-state index is -0.947. The molecule has 0 atom stereocenters. The molecule has 0 saturated carbocycles. The number of pyridine rings is 1. The molecule has 3 aromatic heterocycles. The number of benzene rings is 2. The van der Waals surface area contributed by atoms with Crippen LogP contribution in [0.3, 0.4) is 0 Å². The van der Waals surface area contributed by atoms with Gasteiger partial charge in [0.05, 0.1) is 27.4 Å². The second-order valence-electron chi connectivity index (χ2n) is 10.0. The lowest BCUT2D eigenvalue weighted by molar-refractivity contribution is 0.0289. The highest BCUT2D eigenvalue weighted by Gasteiger charge is 2.29. The summed E-state index contributed by atoms with van der Waals surface area (Å²) in [5.74, 6) is -0.155. The number of rotatable bonds is 16. The Kier molecular flexibility index (Phi) is 10.9. The molecule has 0 aliphatic carbocycles. The van der Waals surface area contributed by atoms with E-state index >= 15 is 0 Å². The number of esters is 1. The molecule has 0 amide bonds. The van der Waals surface area contributed by atoms with Gasteiger partial charge in [0.2, 0.25) is 5.43 Å². The first-order chi connectivity index (χ1) is 23.3. The number of fused-ring (bicyclic) bond motifs is 2. The van der Waals surface area contributed by atoms with E-state index in [4.69, 9.17) is 47.0 Å². The topological polar surface area (TPSA) is 181 Å². The van der Waals surface area contributed by atoms with Crippen LogP contribution in [0.1, 0.15) is 16.2 Å². The van der Waals surface area contributed by atoms with Crippen molar-refractivity contribution in [3.63, 3.8) is 0 Å². The van der Waals surface area contributed by atoms with Crippen LogP contribution in [0.2, 0.25) is 0 Å². The second-order valence-corrected chi connectivity index (χ2v) is 10.0. The summed E-state index contributed by atoms with van der Waals surface area (Å²) in [6.45, 7) is -0.956. The Morgan fingerprint density at radius 2 is 1.48 bits per heavy atom. The summed E-state index contributed by atoms with van der Waals surface area (Å²) >= 11 is 0. The van der Waals surface area contributed by atoms with Crippen molar-refractivity contribution in [2.45, 2.75) is 6.61 Å². The van der Waals surface area contributed by atoms with E-state index < -0.39 is 16.8 Å². The Morgan fingerprint density at radius 3 is 2.12 bits per heavy atom. The van der Waals surface area contributed by atoms with Gasteiger partial charge in [0.25, 0.3) is 0 Å². The average molecular weight is 668 g/mol. The third kappa shape index (κ3) is 6.96. The van der Waals surface area contributed by atoms with Crippen molar-refractivity contribution in [1.29, 1.82) is 0 Å². The van der Waals surface area contributed by atoms with Crippen LogP contribution in [-0.2, 0) is 37.3 Å². The van der Waals surface area contributed by atoms with E-state index in [0.29, 0.717) is 17.1 Å². The van der Waals surface area contributed by atoms with Crippen LogP contribution >= 0.6 is 0 Å². The van der Waals surface area contributed by atoms with E-state index in [2.05, 4.69) is 9.97 Å². The van der Waals surface area contributed by atoms with Gasteiger partial charge in [-0.3, -0.25) is 9.59 Å². The smallest absolute Gasteiger partial charge is 0.343 e. The molecule has 0 radical (unpaired) electrons. The van der Waals surface area contributed by atoms with E-state index in [1.165, 1.54) is 46.8 Å². The van der Waals surface area contributed by atoms with Gasteiger partial charge < -0.3 is 56.6 Å². The summed E-state index contributed by atoms with van der Waals surface area (Å²) in [7, 11) is 7.44. The number of nitrogens with zero attached hydrogens (tertiary/aromatic N) is 2. The molecule has 0 spiro atoms. The van der Waals surface area contributed by atoms with E-state index in [9.17, 15) is 14.4 Å². The minimum absolute atomic E-state index is 0.0138. The highest BCUT2D eigenvalue weighted by molar-refractivity contribution is 6.07. The molecule has 0 bridgehead atoms. The molecule has 48 heavy (non-hydrogen) atoms. The zero-order valence-electron chi connectivity index (χ0n) is 26.8. The maximum absolute atomic E-state index is 14.3. The van der Waals surface area contributed by atoms with Crippen LogP contribution in [0, 0.1) is 0 Å². The molecule has 16 nitrogen and oxygen atoms in total. The second kappa shape index (κ2) is 15.4. The number of imidazole rings is 1. The minimum Gasteiger partial charge on any atom is -0.464 e. The van der Waals surface area contributed by atoms with E-state index in [0.717, 1.165) is 6.26 Å². The Hall–Kier alpha value is -5.42. The van der Waals surface area contributed by atoms with Gasteiger partial charge in [-0.15, -0.1) is 0 Å². The predicted octanol–water partition coefficient (Wildman–Crippen LogP) is 3.32. The van der Waals surface area contributed by atoms with E-state index in [-0.39, 0.29) is 84.1 Å². The van der Waals surface area contributed by atoms with E-state index in [1.807, 2.05) is 0 Å². The zero-order chi connectivity index (χ0) is 34.2. The lowest BCUT2D eigenvalue weighted by atomic mass is 10.0. The Bertz CT molecular complexity index is 2030. The van der Waals surface area contributed by atoms with Crippen molar-refractivity contribution in [1.82, 2.24) is 14.5 Å². The molecule has 5 aromatic rings. The van der Waals surface area contributed by atoms with Gasteiger partial charge in [-0.2, -0.15) is 0 Å². The number of nitrogens with one attached hydrogen (secondary N) is 1. The number of aryl methyl sites for hydroxylation is 1. The molecule has 0 unspecified atom stereocenters. The van der Waals surface area contributed by atoms with Gasteiger partial charge in [-0.25, -0.2) is 9.78 Å². The van der Waals surface area contributed by atoms with Crippen molar-refractivity contribution in [2.24, 2.45) is 7.05 Å². The normalized spacial score (nSPS) is 11.2. The predicted molar refractivity (Wildman–Crippen MR) is 168 cm³/mol. The van der Waals surface area contributed by atoms with Crippen molar-refractivity contribution in [3.05, 3.63) is 74.9 Å². The molecule has 1 N–H and O–H groups in total.